The highest BCUT2D eigenvalue weighted by Gasteiger charge is 2.43. The molecule has 0 N–H and O–H groups in total. The summed E-state index contributed by atoms with van der Waals surface area (Å²) in [5, 5.41) is 2.73. The van der Waals surface area contributed by atoms with E-state index in [2.05, 4.69) is 68.7 Å². The maximum absolute atomic E-state index is 2.53. The molecule has 0 aromatic heterocycles. The molecule has 20 heavy (non-hydrogen) atoms. The first-order valence-electron chi connectivity index (χ1n) is 7.21. The molecule has 3 rings (SSSR count). The summed E-state index contributed by atoms with van der Waals surface area (Å²) in [6, 6.07) is 13.3. The van der Waals surface area contributed by atoms with Crippen molar-refractivity contribution in [3.8, 4) is 0 Å². The molecule has 0 spiro atoms. The zero-order chi connectivity index (χ0) is 13.6. The highest BCUT2D eigenvalue weighted by molar-refractivity contribution is 6.01. The molecule has 1 aliphatic heterocycles. The number of hydrogen-bond donors (Lipinski definition) is 0. The molecule has 0 amide bonds. The lowest BCUT2D eigenvalue weighted by Gasteiger charge is -2.15. The van der Waals surface area contributed by atoms with E-state index >= 15 is 0 Å². The Labute approximate surface area is 138 Å². The van der Waals surface area contributed by atoms with E-state index < -0.39 is 0 Å². The lowest BCUT2D eigenvalue weighted by Crippen LogP contribution is -3.00. The van der Waals surface area contributed by atoms with Crippen molar-refractivity contribution in [3.05, 3.63) is 42.0 Å². The van der Waals surface area contributed by atoms with Gasteiger partial charge in [0.15, 0.2) is 5.71 Å². The topological polar surface area (TPSA) is 3.01 Å². The molecule has 0 unspecified atom stereocenters. The van der Waals surface area contributed by atoms with Crippen molar-refractivity contribution in [3.63, 3.8) is 0 Å². The van der Waals surface area contributed by atoms with Crippen LogP contribution in [0.4, 0.5) is 5.69 Å². The minimum absolute atomic E-state index is 0. The van der Waals surface area contributed by atoms with E-state index in [1.807, 2.05) is 0 Å². The van der Waals surface area contributed by atoms with Gasteiger partial charge in [-0.05, 0) is 25.3 Å². The molecular formula is C18H22IN. The predicted molar refractivity (Wildman–Crippen MR) is 82.7 cm³/mol. The molecule has 2 heteroatoms. The van der Waals surface area contributed by atoms with Crippen LogP contribution in [0.5, 0.6) is 0 Å². The van der Waals surface area contributed by atoms with Gasteiger partial charge in [0.05, 0.1) is 10.8 Å². The molecule has 0 atom stereocenters. The minimum Gasteiger partial charge on any atom is -1.00 e. The Morgan fingerprint density at radius 1 is 1.05 bits per heavy atom. The summed E-state index contributed by atoms with van der Waals surface area (Å²) in [7, 11) is 0. The Kier molecular flexibility index (Phi) is 4.24. The Morgan fingerprint density at radius 3 is 2.45 bits per heavy atom. The van der Waals surface area contributed by atoms with Gasteiger partial charge in [-0.1, -0.05) is 37.3 Å². The normalized spacial score (nSPS) is 16.2. The lowest BCUT2D eigenvalue weighted by atomic mass is 9.81. The van der Waals surface area contributed by atoms with Crippen molar-refractivity contribution in [2.45, 2.75) is 39.5 Å². The summed E-state index contributed by atoms with van der Waals surface area (Å²) in [6.45, 7) is 10.3. The second-order valence-electron chi connectivity index (χ2n) is 6.04. The Morgan fingerprint density at radius 2 is 1.75 bits per heavy atom. The highest BCUT2D eigenvalue weighted by Crippen LogP contribution is 2.43. The van der Waals surface area contributed by atoms with Crippen molar-refractivity contribution < 1.29 is 28.6 Å². The zero-order valence-electron chi connectivity index (χ0n) is 12.7. The number of fused-ring (bicyclic) bond motifs is 3. The van der Waals surface area contributed by atoms with Crippen LogP contribution in [0.25, 0.3) is 10.8 Å². The largest absolute Gasteiger partial charge is 1.00 e. The first-order chi connectivity index (χ1) is 9.07. The third-order valence-electron chi connectivity index (χ3n) is 4.60. The van der Waals surface area contributed by atoms with E-state index in [4.69, 9.17) is 0 Å². The van der Waals surface area contributed by atoms with Crippen LogP contribution >= 0.6 is 0 Å². The monoisotopic (exact) mass is 379 g/mol. The van der Waals surface area contributed by atoms with Gasteiger partial charge in [-0.3, -0.25) is 0 Å². The number of nitrogens with zero attached hydrogens (tertiary/aromatic N) is 1. The van der Waals surface area contributed by atoms with Crippen LogP contribution in [0.1, 0.15) is 39.7 Å². The molecule has 0 bridgehead atoms. The van der Waals surface area contributed by atoms with E-state index in [1.54, 1.807) is 0 Å². The van der Waals surface area contributed by atoms with Crippen LogP contribution in [0, 0.1) is 0 Å². The SMILES string of the molecule is CCC[N+]1=C(C)C(C)(C)c2ccc3ccccc3c21.[I-]. The average Bonchev–Trinajstić information content (AvgIpc) is 2.61. The minimum atomic E-state index is 0. The highest BCUT2D eigenvalue weighted by atomic mass is 127. The van der Waals surface area contributed by atoms with Gasteiger partial charge in [0.2, 0.25) is 5.69 Å². The second-order valence-corrected chi connectivity index (χ2v) is 6.04. The standard InChI is InChI=1S/C18H22N.HI/c1-5-12-19-13(2)18(3,4)16-11-10-14-8-6-7-9-15(14)17(16)19;/h6-11H,5,12H2,1-4H3;1H/q+1;/p-1. The first-order valence-corrected chi connectivity index (χ1v) is 7.21. The third-order valence-corrected chi connectivity index (χ3v) is 4.60. The molecule has 2 aromatic rings. The summed E-state index contributed by atoms with van der Waals surface area (Å²) in [4.78, 5) is 0. The fourth-order valence-corrected chi connectivity index (χ4v) is 3.25. The number of hydrogen-bond acceptors (Lipinski definition) is 0. The van der Waals surface area contributed by atoms with Crippen LogP contribution in [0.2, 0.25) is 0 Å². The van der Waals surface area contributed by atoms with Crippen LogP contribution in [-0.2, 0) is 5.41 Å². The molecule has 0 fully saturated rings. The molecule has 106 valence electrons. The van der Waals surface area contributed by atoms with Gasteiger partial charge in [0.1, 0.15) is 6.54 Å². The molecule has 1 nitrogen and oxygen atoms in total. The Bertz CT molecular complexity index is 683. The fourth-order valence-electron chi connectivity index (χ4n) is 3.25. The van der Waals surface area contributed by atoms with Gasteiger partial charge < -0.3 is 24.0 Å². The molecule has 0 saturated carbocycles. The molecule has 0 aliphatic carbocycles. The molecule has 1 heterocycles. The van der Waals surface area contributed by atoms with E-state index in [-0.39, 0.29) is 29.4 Å². The molecule has 1 aliphatic rings. The molecular weight excluding hydrogens is 357 g/mol. The van der Waals surface area contributed by atoms with Crippen LogP contribution in [-0.4, -0.2) is 16.8 Å². The van der Waals surface area contributed by atoms with Gasteiger partial charge in [-0.15, -0.1) is 0 Å². The summed E-state index contributed by atoms with van der Waals surface area (Å²) >= 11 is 0. The van der Waals surface area contributed by atoms with Crippen LogP contribution in [0.3, 0.4) is 0 Å². The maximum atomic E-state index is 2.53. The Hall–Kier alpha value is -0.900. The number of benzene rings is 2. The fraction of sp³-hybridized carbons (Fsp3) is 0.389. The predicted octanol–water partition coefficient (Wildman–Crippen LogP) is 1.65. The lowest BCUT2D eigenvalue weighted by molar-refractivity contribution is -0.437. The van der Waals surface area contributed by atoms with E-state index in [0.29, 0.717) is 0 Å². The average molecular weight is 379 g/mol. The van der Waals surface area contributed by atoms with Gasteiger partial charge in [-0.25, -0.2) is 0 Å². The summed E-state index contributed by atoms with van der Waals surface area (Å²) in [6.07, 6.45) is 1.18. The van der Waals surface area contributed by atoms with Crippen molar-refractivity contribution in [1.82, 2.24) is 0 Å². The van der Waals surface area contributed by atoms with Crippen molar-refractivity contribution >= 4 is 22.2 Å². The zero-order valence-corrected chi connectivity index (χ0v) is 14.9. The number of rotatable bonds is 2. The molecule has 0 radical (unpaired) electrons. The van der Waals surface area contributed by atoms with Gasteiger partial charge in [-0.2, -0.15) is 4.58 Å². The smallest absolute Gasteiger partial charge is 0.217 e. The van der Waals surface area contributed by atoms with Crippen LogP contribution in [0.15, 0.2) is 36.4 Å². The molecule has 0 saturated heterocycles. The summed E-state index contributed by atoms with van der Waals surface area (Å²) < 4.78 is 2.53. The van der Waals surface area contributed by atoms with E-state index in [1.165, 1.54) is 34.2 Å². The summed E-state index contributed by atoms with van der Waals surface area (Å²) in [5.74, 6) is 0. The first kappa shape index (κ1) is 15.5. The van der Waals surface area contributed by atoms with Crippen molar-refractivity contribution in [2.24, 2.45) is 0 Å². The van der Waals surface area contributed by atoms with Gasteiger partial charge in [0, 0.05) is 18.9 Å². The van der Waals surface area contributed by atoms with Gasteiger partial charge >= 0.3 is 0 Å². The van der Waals surface area contributed by atoms with Crippen molar-refractivity contribution in [2.75, 3.05) is 6.54 Å². The summed E-state index contributed by atoms with van der Waals surface area (Å²) in [5.41, 5.74) is 4.52. The third kappa shape index (κ3) is 2.09. The van der Waals surface area contributed by atoms with E-state index in [0.717, 1.165) is 6.54 Å². The number of halogens is 1. The quantitative estimate of drug-likeness (QED) is 0.552. The van der Waals surface area contributed by atoms with Crippen LogP contribution < -0.4 is 24.0 Å². The van der Waals surface area contributed by atoms with Gasteiger partial charge in [0.25, 0.3) is 0 Å². The van der Waals surface area contributed by atoms with Crippen molar-refractivity contribution in [1.29, 1.82) is 0 Å². The Balaban J connectivity index is 0.00000147. The van der Waals surface area contributed by atoms with E-state index in [9.17, 15) is 0 Å². The maximum Gasteiger partial charge on any atom is 0.217 e. The molecule has 2 aromatic carbocycles. The second kappa shape index (κ2) is 5.47.